The van der Waals surface area contributed by atoms with E-state index in [0.717, 1.165) is 6.42 Å². The van der Waals surface area contributed by atoms with Gasteiger partial charge in [-0.15, -0.1) is 0 Å². The van der Waals surface area contributed by atoms with Crippen molar-refractivity contribution in [1.29, 1.82) is 0 Å². The summed E-state index contributed by atoms with van der Waals surface area (Å²) in [6.07, 6.45) is 34.2. The van der Waals surface area contributed by atoms with Crippen molar-refractivity contribution in [2.45, 2.75) is 202 Å². The van der Waals surface area contributed by atoms with E-state index < -0.39 is 23.5 Å². The summed E-state index contributed by atoms with van der Waals surface area (Å²) in [5.74, 6) is 0. The van der Waals surface area contributed by atoms with Crippen LogP contribution in [0, 0.1) is 0 Å². The van der Waals surface area contributed by atoms with Crippen LogP contribution in [0.3, 0.4) is 0 Å². The number of phosphoric ester groups is 1. The molecule has 0 saturated carbocycles. The first-order valence-corrected chi connectivity index (χ1v) is 24.9. The van der Waals surface area contributed by atoms with Crippen molar-refractivity contribution in [3.05, 3.63) is 0 Å². The van der Waals surface area contributed by atoms with Crippen LogP contribution in [0.15, 0.2) is 0 Å². The number of aliphatic hydroxyl groups is 1. The number of unbranched alkanes of at least 4 members (excludes halogenated alkanes) is 21. The molecule has 0 aliphatic rings. The van der Waals surface area contributed by atoms with E-state index in [-0.39, 0.29) is 6.61 Å². The van der Waals surface area contributed by atoms with Crippen LogP contribution < -0.4 is 0 Å². The topological polar surface area (TPSA) is 183 Å². The van der Waals surface area contributed by atoms with E-state index in [2.05, 4.69) is 45.7 Å². The van der Waals surface area contributed by atoms with Crippen LogP contribution in [0.2, 0.25) is 0 Å². The zero-order valence-electron chi connectivity index (χ0n) is 33.4. The maximum Gasteiger partial charge on any atom is 0.490 e. The van der Waals surface area contributed by atoms with Crippen LogP contribution in [0.1, 0.15) is 202 Å². The molecule has 2 unspecified atom stereocenters. The van der Waals surface area contributed by atoms with Gasteiger partial charge >= 0.3 is 23.5 Å². The summed E-state index contributed by atoms with van der Waals surface area (Å²) in [6, 6.07) is 0. The highest BCUT2D eigenvalue weighted by Crippen LogP contribution is 2.66. The van der Waals surface area contributed by atoms with E-state index in [1.807, 2.05) is 0 Å². The highest BCUT2D eigenvalue weighted by molar-refractivity contribution is 7.66. The number of nitrogens with zero attached hydrogens (tertiary/aromatic N) is 1. The molecule has 0 amide bonds. The normalized spacial score (nSPS) is 13.9. The lowest BCUT2D eigenvalue weighted by Crippen LogP contribution is -2.27. The lowest BCUT2D eigenvalue weighted by molar-refractivity contribution is 0.170. The number of phosphoric acid groups is 3. The van der Waals surface area contributed by atoms with Gasteiger partial charge in [0.15, 0.2) is 0 Å². The Morgan fingerprint density at radius 3 is 1.04 bits per heavy atom. The predicted octanol–water partition coefficient (Wildman–Crippen LogP) is 11.8. The standard InChI is InChI=1S/C24H51N.C8H18O.C4H13O10P3/c1-4-7-10-13-16-19-22-25(23-20-17-14-11-8-5-2)24-21-18-15-12-9-6-3;1-2-3-4-5-6-7-8-9;1-2-3-4-12-16(8,9)14-17(10,11)13-15(5,6)7/h4-24H2,1-3H3;9H,2-8H2,1H3;2-4H2,1H3,(H,8,9)(H,10,11)(H2,5,6,7). The Morgan fingerprint density at radius 2 is 0.725 bits per heavy atom. The largest absolute Gasteiger partial charge is 0.490 e. The van der Waals surface area contributed by atoms with Crippen molar-refractivity contribution in [3.63, 3.8) is 0 Å². The van der Waals surface area contributed by atoms with Crippen LogP contribution in [0.5, 0.6) is 0 Å². The van der Waals surface area contributed by atoms with E-state index in [0.29, 0.717) is 19.4 Å². The van der Waals surface area contributed by atoms with Crippen LogP contribution >= 0.6 is 23.5 Å². The third-order valence-electron chi connectivity index (χ3n) is 8.16. The summed E-state index contributed by atoms with van der Waals surface area (Å²) in [5, 5.41) is 8.42. The smallest absolute Gasteiger partial charge is 0.396 e. The molecule has 15 heteroatoms. The zero-order chi connectivity index (χ0) is 39.1. The first-order chi connectivity index (χ1) is 24.2. The van der Waals surface area contributed by atoms with Gasteiger partial charge in [-0.1, -0.05) is 169 Å². The van der Waals surface area contributed by atoms with Crippen molar-refractivity contribution in [3.8, 4) is 0 Å². The van der Waals surface area contributed by atoms with Crippen molar-refractivity contribution in [2.75, 3.05) is 32.8 Å². The Labute approximate surface area is 313 Å². The average molecular weight is 798 g/mol. The van der Waals surface area contributed by atoms with Crippen molar-refractivity contribution < 1.29 is 51.5 Å². The third kappa shape index (κ3) is 50.3. The second kappa shape index (κ2) is 40.0. The molecule has 5 N–H and O–H groups in total. The predicted molar refractivity (Wildman–Crippen MR) is 212 cm³/mol. The monoisotopic (exact) mass is 798 g/mol. The molecular formula is C36H82NO11P3. The second-order valence-corrected chi connectivity index (χ2v) is 17.8. The molecule has 0 aromatic rings. The lowest BCUT2D eigenvalue weighted by atomic mass is 10.1. The van der Waals surface area contributed by atoms with Crippen molar-refractivity contribution in [1.82, 2.24) is 4.90 Å². The third-order valence-corrected chi connectivity index (χ3v) is 12.0. The highest BCUT2D eigenvalue weighted by Gasteiger charge is 2.40. The fourth-order valence-electron chi connectivity index (χ4n) is 5.20. The van der Waals surface area contributed by atoms with Gasteiger partial charge in [0.25, 0.3) is 0 Å². The quantitative estimate of drug-likeness (QED) is 0.0302. The van der Waals surface area contributed by atoms with Gasteiger partial charge in [0, 0.05) is 6.61 Å². The molecule has 51 heavy (non-hydrogen) atoms. The summed E-state index contributed by atoms with van der Waals surface area (Å²) >= 11 is 0. The van der Waals surface area contributed by atoms with Crippen LogP contribution in [-0.4, -0.2) is 62.4 Å². The summed E-state index contributed by atoms with van der Waals surface area (Å²) in [5.41, 5.74) is 0. The maximum atomic E-state index is 11.0. The first-order valence-electron chi connectivity index (χ1n) is 20.3. The number of hydrogen-bond donors (Lipinski definition) is 5. The molecule has 0 rings (SSSR count). The molecule has 12 nitrogen and oxygen atoms in total. The molecule has 0 saturated heterocycles. The molecule has 0 radical (unpaired) electrons. The fraction of sp³-hybridized carbons (Fsp3) is 1.00. The molecule has 0 bridgehead atoms. The number of hydrogen-bond acceptors (Lipinski definition) is 8. The molecular weight excluding hydrogens is 715 g/mol. The molecule has 0 fully saturated rings. The van der Waals surface area contributed by atoms with Gasteiger partial charge in [0.05, 0.1) is 6.61 Å². The van der Waals surface area contributed by atoms with Crippen LogP contribution in [0.25, 0.3) is 0 Å². The van der Waals surface area contributed by atoms with Gasteiger partial charge in [-0.2, -0.15) is 8.62 Å². The number of aliphatic hydroxyl groups excluding tert-OH is 1. The molecule has 0 aliphatic heterocycles. The minimum atomic E-state index is -5.39. The molecule has 0 heterocycles. The Hall–Kier alpha value is 0.330. The molecule has 312 valence electrons. The molecule has 0 aromatic heterocycles. The fourth-order valence-corrected chi connectivity index (χ4v) is 8.26. The lowest BCUT2D eigenvalue weighted by Gasteiger charge is -2.22. The zero-order valence-corrected chi connectivity index (χ0v) is 36.1. The highest BCUT2D eigenvalue weighted by atomic mass is 31.3. The van der Waals surface area contributed by atoms with Gasteiger partial charge in [0.1, 0.15) is 0 Å². The van der Waals surface area contributed by atoms with Crippen molar-refractivity contribution >= 4 is 23.5 Å². The Kier molecular flexibility index (Phi) is 43.7. The number of rotatable bonds is 35. The van der Waals surface area contributed by atoms with Gasteiger partial charge in [-0.3, -0.25) is 4.52 Å². The minimum Gasteiger partial charge on any atom is -0.396 e. The second-order valence-electron chi connectivity index (χ2n) is 13.4. The van der Waals surface area contributed by atoms with E-state index in [9.17, 15) is 13.7 Å². The Bertz CT molecular complexity index is 805. The van der Waals surface area contributed by atoms with Crippen molar-refractivity contribution in [2.24, 2.45) is 0 Å². The van der Waals surface area contributed by atoms with E-state index in [1.165, 1.54) is 167 Å². The average Bonchev–Trinajstić information content (AvgIpc) is 3.04. The van der Waals surface area contributed by atoms with Gasteiger partial charge in [-0.25, -0.2) is 13.7 Å². The van der Waals surface area contributed by atoms with E-state index in [4.69, 9.17) is 24.7 Å². The van der Waals surface area contributed by atoms with Gasteiger partial charge in [-0.05, 0) is 51.7 Å². The summed E-state index contributed by atoms with van der Waals surface area (Å²) in [4.78, 5) is 36.9. The van der Waals surface area contributed by atoms with E-state index >= 15 is 0 Å². The minimum absolute atomic E-state index is 0.222. The van der Waals surface area contributed by atoms with Gasteiger partial charge in [0.2, 0.25) is 0 Å². The molecule has 0 aromatic carbocycles. The maximum absolute atomic E-state index is 11.0. The van der Waals surface area contributed by atoms with Crippen LogP contribution in [-0.2, 0) is 26.8 Å². The SMILES string of the molecule is CCCCCCCCN(CCCCCCCC)CCCCCCCC.CCCCCCCCO.CCCCOP(=O)(O)OP(=O)(O)OP(=O)(O)O. The molecule has 2 atom stereocenters. The summed E-state index contributed by atoms with van der Waals surface area (Å²) in [6.45, 7) is 15.1. The summed E-state index contributed by atoms with van der Waals surface area (Å²) in [7, 11) is -15.6. The molecule has 0 spiro atoms. The Morgan fingerprint density at radius 1 is 0.412 bits per heavy atom. The first kappa shape index (κ1) is 55.7. The van der Waals surface area contributed by atoms with Gasteiger partial charge < -0.3 is 29.6 Å². The summed E-state index contributed by atoms with van der Waals surface area (Å²) < 4.78 is 43.3. The molecule has 0 aliphatic carbocycles. The van der Waals surface area contributed by atoms with E-state index in [1.54, 1.807) is 6.92 Å². The Balaban J connectivity index is -0.000000760. The van der Waals surface area contributed by atoms with Crippen LogP contribution in [0.4, 0.5) is 0 Å².